The van der Waals surface area contributed by atoms with Gasteiger partial charge in [0.15, 0.2) is 5.02 Å². The van der Waals surface area contributed by atoms with Crippen molar-refractivity contribution in [3.05, 3.63) is 56.2 Å². The first-order valence-electron chi connectivity index (χ1n) is 5.38. The summed E-state index contributed by atoms with van der Waals surface area (Å²) >= 11 is 5.73. The molecule has 0 N–H and O–H groups in total. The monoisotopic (exact) mass is 276 g/mol. The van der Waals surface area contributed by atoms with Crippen LogP contribution < -0.4 is 0 Å². The van der Waals surface area contributed by atoms with E-state index in [2.05, 4.69) is 11.2 Å². The molecule has 7 heteroatoms. The van der Waals surface area contributed by atoms with Crippen molar-refractivity contribution in [1.82, 2.24) is 9.78 Å². The molecule has 19 heavy (non-hydrogen) atoms. The van der Waals surface area contributed by atoms with Gasteiger partial charge in [-0.05, 0) is 35.1 Å². The second-order valence-corrected chi connectivity index (χ2v) is 4.42. The first-order valence-corrected chi connectivity index (χ1v) is 5.76. The molecule has 1 aromatic carbocycles. The second kappa shape index (κ2) is 5.08. The zero-order chi connectivity index (χ0) is 14.0. The summed E-state index contributed by atoms with van der Waals surface area (Å²) in [6, 6.07) is 7.31. The molecule has 6 nitrogen and oxygen atoms in total. The van der Waals surface area contributed by atoms with Crippen LogP contribution >= 0.6 is 11.6 Å². The summed E-state index contributed by atoms with van der Waals surface area (Å²) in [6.07, 6.45) is 1.41. The highest BCUT2D eigenvalue weighted by atomic mass is 35.5. The molecule has 2 rings (SSSR count). The molecule has 0 atom stereocenters. The van der Waals surface area contributed by atoms with Crippen molar-refractivity contribution in [3.8, 4) is 6.07 Å². The Balaban J connectivity index is 2.29. The van der Waals surface area contributed by atoms with Crippen LogP contribution in [0.1, 0.15) is 16.7 Å². The molecule has 96 valence electrons. The predicted molar refractivity (Wildman–Crippen MR) is 68.9 cm³/mol. The maximum Gasteiger partial charge on any atom is 0.408 e. The van der Waals surface area contributed by atoms with E-state index in [1.165, 1.54) is 10.9 Å². The number of rotatable bonds is 3. The van der Waals surface area contributed by atoms with E-state index >= 15 is 0 Å². The van der Waals surface area contributed by atoms with E-state index in [-0.39, 0.29) is 10.8 Å². The fourth-order valence-electron chi connectivity index (χ4n) is 1.71. The minimum absolute atomic E-state index is 0.0105. The molecule has 0 radical (unpaired) electrons. The molecule has 0 bridgehead atoms. The molecule has 0 saturated heterocycles. The number of aryl methyl sites for hydroxylation is 1. The molecule has 0 aliphatic rings. The SMILES string of the molecule is Cc1cc(C#N)ccc1Cn1cc(Cl)c([N+](=O)[O-])n1. The molecule has 0 aliphatic heterocycles. The lowest BCUT2D eigenvalue weighted by atomic mass is 10.1. The number of nitriles is 1. The van der Waals surface area contributed by atoms with Gasteiger partial charge in [0, 0.05) is 0 Å². The molecule has 1 aromatic heterocycles. The maximum atomic E-state index is 10.6. The van der Waals surface area contributed by atoms with Crippen LogP contribution in [-0.4, -0.2) is 14.7 Å². The van der Waals surface area contributed by atoms with Crippen molar-refractivity contribution in [2.45, 2.75) is 13.5 Å². The lowest BCUT2D eigenvalue weighted by Gasteiger charge is -2.03. The van der Waals surface area contributed by atoms with E-state index in [0.29, 0.717) is 12.1 Å². The summed E-state index contributed by atoms with van der Waals surface area (Å²) in [4.78, 5) is 10.0. The zero-order valence-electron chi connectivity index (χ0n) is 10.00. The van der Waals surface area contributed by atoms with Crippen LogP contribution in [0, 0.1) is 28.4 Å². The lowest BCUT2D eigenvalue weighted by molar-refractivity contribution is -0.389. The van der Waals surface area contributed by atoms with Crippen molar-refractivity contribution in [3.63, 3.8) is 0 Å². The highest BCUT2D eigenvalue weighted by Crippen LogP contribution is 2.22. The Morgan fingerprint density at radius 3 is 2.84 bits per heavy atom. The lowest BCUT2D eigenvalue weighted by Crippen LogP contribution is -2.03. The van der Waals surface area contributed by atoms with E-state index in [1.807, 2.05) is 6.92 Å². The Hall–Kier alpha value is -2.39. The van der Waals surface area contributed by atoms with Crippen LogP contribution in [0.3, 0.4) is 0 Å². The van der Waals surface area contributed by atoms with E-state index in [0.717, 1.165) is 11.1 Å². The summed E-state index contributed by atoms with van der Waals surface area (Å²) in [5.41, 5.74) is 2.42. The summed E-state index contributed by atoms with van der Waals surface area (Å²) in [5, 5.41) is 23.3. The van der Waals surface area contributed by atoms with Gasteiger partial charge < -0.3 is 10.1 Å². The largest absolute Gasteiger partial charge is 0.408 e. The highest BCUT2D eigenvalue weighted by molar-refractivity contribution is 6.32. The van der Waals surface area contributed by atoms with Gasteiger partial charge in [-0.2, -0.15) is 9.94 Å². The molecule has 0 saturated carbocycles. The Kier molecular flexibility index (Phi) is 3.49. The molecular weight excluding hydrogens is 268 g/mol. The van der Waals surface area contributed by atoms with Crippen LogP contribution in [-0.2, 0) is 6.54 Å². The van der Waals surface area contributed by atoms with Crippen LogP contribution in [0.15, 0.2) is 24.4 Å². The van der Waals surface area contributed by atoms with Crippen molar-refractivity contribution in [1.29, 1.82) is 5.26 Å². The smallest absolute Gasteiger partial charge is 0.358 e. The summed E-state index contributed by atoms with van der Waals surface area (Å²) in [5.74, 6) is -0.354. The third-order valence-electron chi connectivity index (χ3n) is 2.68. The Morgan fingerprint density at radius 1 is 1.58 bits per heavy atom. The minimum Gasteiger partial charge on any atom is -0.358 e. The number of aromatic nitrogens is 2. The normalized spacial score (nSPS) is 10.2. The quantitative estimate of drug-likeness (QED) is 0.637. The number of hydrogen-bond acceptors (Lipinski definition) is 4. The molecule has 0 amide bonds. The fourth-order valence-corrected chi connectivity index (χ4v) is 1.93. The minimum atomic E-state index is -0.621. The summed E-state index contributed by atoms with van der Waals surface area (Å²) in [6.45, 7) is 2.24. The first kappa shape index (κ1) is 13.1. The molecule has 0 aliphatic carbocycles. The molecule has 0 spiro atoms. The van der Waals surface area contributed by atoms with Crippen LogP contribution in [0.4, 0.5) is 5.82 Å². The van der Waals surface area contributed by atoms with E-state index in [9.17, 15) is 10.1 Å². The molecule has 0 fully saturated rings. The number of benzene rings is 1. The Labute approximate surface area is 114 Å². The Morgan fingerprint density at radius 2 is 2.32 bits per heavy atom. The third-order valence-corrected chi connectivity index (χ3v) is 2.94. The summed E-state index contributed by atoms with van der Waals surface area (Å²) < 4.78 is 1.41. The van der Waals surface area contributed by atoms with Gasteiger partial charge in [0.05, 0.1) is 29.5 Å². The van der Waals surface area contributed by atoms with Gasteiger partial charge in [-0.15, -0.1) is 0 Å². The molecule has 0 unspecified atom stereocenters. The standard InChI is InChI=1S/C12H9ClN4O2/c1-8-4-9(5-14)2-3-10(8)6-16-7-11(13)12(15-16)17(18)19/h2-4,7H,6H2,1H3. The van der Waals surface area contributed by atoms with Crippen LogP contribution in [0.25, 0.3) is 0 Å². The first-order chi connectivity index (χ1) is 9.01. The number of nitrogens with zero attached hydrogens (tertiary/aromatic N) is 4. The number of hydrogen-bond donors (Lipinski definition) is 0. The molecule has 1 heterocycles. The average Bonchev–Trinajstić information content (AvgIpc) is 2.73. The van der Waals surface area contributed by atoms with Crippen molar-refractivity contribution in [2.75, 3.05) is 0 Å². The average molecular weight is 277 g/mol. The van der Waals surface area contributed by atoms with E-state index in [1.54, 1.807) is 18.2 Å². The second-order valence-electron chi connectivity index (χ2n) is 4.01. The van der Waals surface area contributed by atoms with Crippen LogP contribution in [0.2, 0.25) is 5.02 Å². The van der Waals surface area contributed by atoms with Crippen LogP contribution in [0.5, 0.6) is 0 Å². The van der Waals surface area contributed by atoms with Crippen molar-refractivity contribution >= 4 is 17.4 Å². The van der Waals surface area contributed by atoms with E-state index < -0.39 is 4.92 Å². The maximum absolute atomic E-state index is 10.6. The number of halogens is 1. The zero-order valence-corrected chi connectivity index (χ0v) is 10.8. The van der Waals surface area contributed by atoms with E-state index in [4.69, 9.17) is 16.9 Å². The molecule has 2 aromatic rings. The van der Waals surface area contributed by atoms with Gasteiger partial charge >= 0.3 is 5.82 Å². The fraction of sp³-hybridized carbons (Fsp3) is 0.167. The van der Waals surface area contributed by atoms with Gasteiger partial charge in [0.25, 0.3) is 0 Å². The highest BCUT2D eigenvalue weighted by Gasteiger charge is 2.19. The number of nitro groups is 1. The Bertz CT molecular complexity index is 688. The van der Waals surface area contributed by atoms with Gasteiger partial charge in [-0.25, -0.2) is 0 Å². The van der Waals surface area contributed by atoms with Crippen molar-refractivity contribution < 1.29 is 4.92 Å². The van der Waals surface area contributed by atoms with Gasteiger partial charge in [-0.3, -0.25) is 0 Å². The van der Waals surface area contributed by atoms with Gasteiger partial charge in [-0.1, -0.05) is 17.7 Å². The van der Waals surface area contributed by atoms with Crippen molar-refractivity contribution in [2.24, 2.45) is 0 Å². The topological polar surface area (TPSA) is 84.8 Å². The van der Waals surface area contributed by atoms with Gasteiger partial charge in [0.2, 0.25) is 0 Å². The predicted octanol–water partition coefficient (Wildman–Crippen LogP) is 2.67. The third kappa shape index (κ3) is 2.72. The molecular formula is C12H9ClN4O2. The summed E-state index contributed by atoms with van der Waals surface area (Å²) in [7, 11) is 0. The van der Waals surface area contributed by atoms with Gasteiger partial charge in [0.1, 0.15) is 0 Å².